The summed E-state index contributed by atoms with van der Waals surface area (Å²) in [6.45, 7) is 2.41. The maximum atomic E-state index is 12.9. The van der Waals surface area contributed by atoms with Gasteiger partial charge in [-0.15, -0.1) is 0 Å². The summed E-state index contributed by atoms with van der Waals surface area (Å²) in [6.07, 6.45) is -0.148. The van der Waals surface area contributed by atoms with Crippen LogP contribution in [0.2, 0.25) is 0 Å². The molecule has 0 amide bonds. The largest absolute Gasteiger partial charge is 0.417 e. The number of rotatable bonds is 3. The molecule has 134 valence electrons. The van der Waals surface area contributed by atoms with Crippen molar-refractivity contribution in [1.82, 2.24) is 19.9 Å². The third-order valence-corrected chi connectivity index (χ3v) is 4.63. The van der Waals surface area contributed by atoms with E-state index in [1.807, 2.05) is 18.2 Å². The van der Waals surface area contributed by atoms with Crippen LogP contribution in [0.4, 0.5) is 13.2 Å². The van der Waals surface area contributed by atoms with E-state index < -0.39 is 11.7 Å². The first-order valence-electron chi connectivity index (χ1n) is 8.47. The molecule has 4 rings (SSSR count). The van der Waals surface area contributed by atoms with Crippen molar-refractivity contribution in [3.63, 3.8) is 0 Å². The Morgan fingerprint density at radius 3 is 2.77 bits per heavy atom. The average Bonchev–Trinajstić information content (AvgIpc) is 2.64. The van der Waals surface area contributed by atoms with Gasteiger partial charge in [0.15, 0.2) is 5.65 Å². The van der Waals surface area contributed by atoms with E-state index in [1.54, 1.807) is 12.3 Å². The molecule has 0 bridgehead atoms. The normalized spacial score (nSPS) is 15.2. The van der Waals surface area contributed by atoms with Crippen LogP contribution in [-0.4, -0.2) is 32.9 Å². The summed E-state index contributed by atoms with van der Waals surface area (Å²) in [5.41, 5.74) is 2.58. The van der Waals surface area contributed by atoms with Gasteiger partial charge >= 0.3 is 6.18 Å². The van der Waals surface area contributed by atoms with E-state index in [9.17, 15) is 13.2 Å². The molecular weight excluding hydrogens is 341 g/mol. The third kappa shape index (κ3) is 3.53. The smallest absolute Gasteiger partial charge is 0.298 e. The number of alkyl halides is 3. The molecule has 4 heterocycles. The van der Waals surface area contributed by atoms with Crippen LogP contribution >= 0.6 is 0 Å². The van der Waals surface area contributed by atoms with Crippen molar-refractivity contribution in [2.75, 3.05) is 13.1 Å². The molecule has 1 aliphatic rings. The zero-order valence-corrected chi connectivity index (χ0v) is 14.0. The molecule has 0 saturated heterocycles. The van der Waals surface area contributed by atoms with Gasteiger partial charge in [-0.2, -0.15) is 13.2 Å². The van der Waals surface area contributed by atoms with Crippen molar-refractivity contribution in [3.8, 4) is 0 Å². The summed E-state index contributed by atoms with van der Waals surface area (Å²) < 4.78 is 38.7. The highest BCUT2D eigenvalue weighted by Crippen LogP contribution is 2.31. The van der Waals surface area contributed by atoms with E-state index in [2.05, 4.69) is 19.9 Å². The lowest BCUT2D eigenvalue weighted by atomic mass is 10.0. The summed E-state index contributed by atoms with van der Waals surface area (Å²) >= 11 is 0. The van der Waals surface area contributed by atoms with Gasteiger partial charge in [0.25, 0.3) is 0 Å². The molecule has 3 aromatic heterocycles. The van der Waals surface area contributed by atoms with Crippen molar-refractivity contribution >= 4 is 11.0 Å². The van der Waals surface area contributed by atoms with Gasteiger partial charge in [-0.3, -0.25) is 9.88 Å². The van der Waals surface area contributed by atoms with Gasteiger partial charge in [0.2, 0.25) is 0 Å². The first-order chi connectivity index (χ1) is 12.5. The lowest BCUT2D eigenvalue weighted by molar-refractivity contribution is -0.137. The Hall–Kier alpha value is -2.54. The molecule has 0 spiro atoms. The Morgan fingerprint density at radius 1 is 1.12 bits per heavy atom. The molecule has 0 radical (unpaired) electrons. The van der Waals surface area contributed by atoms with Crippen molar-refractivity contribution in [2.24, 2.45) is 0 Å². The molecule has 26 heavy (non-hydrogen) atoms. The summed E-state index contributed by atoms with van der Waals surface area (Å²) in [7, 11) is 0. The molecule has 0 unspecified atom stereocenters. The summed E-state index contributed by atoms with van der Waals surface area (Å²) in [4.78, 5) is 15.0. The van der Waals surface area contributed by atoms with Crippen molar-refractivity contribution in [3.05, 3.63) is 65.2 Å². The molecule has 0 fully saturated rings. The Bertz CT molecular complexity index is 925. The lowest BCUT2D eigenvalue weighted by Gasteiger charge is -2.28. The van der Waals surface area contributed by atoms with Crippen molar-refractivity contribution < 1.29 is 13.2 Å². The quantitative estimate of drug-likeness (QED) is 0.717. The molecule has 0 atom stereocenters. The van der Waals surface area contributed by atoms with Crippen LogP contribution in [0, 0.1) is 0 Å². The topological polar surface area (TPSA) is 41.9 Å². The predicted molar refractivity (Wildman–Crippen MR) is 91.5 cm³/mol. The van der Waals surface area contributed by atoms with Crippen LogP contribution in [0.3, 0.4) is 0 Å². The standard InChI is InChI=1S/C19H17F3N4/c20-19(21,22)15-10-13-9-14-12-26(7-4-16-3-1-2-6-23-16)8-5-17(14)25-18(13)24-11-15/h1-3,6,9-11H,4-5,7-8,12H2. The Morgan fingerprint density at radius 2 is 2.00 bits per heavy atom. The van der Waals surface area contributed by atoms with Crippen LogP contribution in [0.5, 0.6) is 0 Å². The summed E-state index contributed by atoms with van der Waals surface area (Å²) in [5, 5.41) is 0.435. The van der Waals surface area contributed by atoms with E-state index in [0.717, 1.165) is 55.1 Å². The van der Waals surface area contributed by atoms with Gasteiger partial charge in [0.1, 0.15) is 0 Å². The molecule has 3 aromatic rings. The SMILES string of the molecule is FC(F)(F)c1cnc2nc3c(cc2c1)CN(CCc1ccccn1)CC3. The fraction of sp³-hybridized carbons (Fsp3) is 0.316. The minimum atomic E-state index is -4.40. The number of fused-ring (bicyclic) bond motifs is 2. The molecule has 0 aromatic carbocycles. The second-order valence-corrected chi connectivity index (χ2v) is 6.46. The molecule has 4 nitrogen and oxygen atoms in total. The average molecular weight is 358 g/mol. The van der Waals surface area contributed by atoms with Gasteiger partial charge < -0.3 is 0 Å². The second-order valence-electron chi connectivity index (χ2n) is 6.46. The summed E-state index contributed by atoms with van der Waals surface area (Å²) in [6, 6.07) is 8.78. The Kier molecular flexibility index (Phi) is 4.32. The van der Waals surface area contributed by atoms with Gasteiger partial charge in [0, 0.05) is 61.6 Å². The molecule has 1 aliphatic heterocycles. The van der Waals surface area contributed by atoms with Crippen LogP contribution in [0.15, 0.2) is 42.7 Å². The minimum Gasteiger partial charge on any atom is -0.298 e. The van der Waals surface area contributed by atoms with Crippen molar-refractivity contribution in [2.45, 2.75) is 25.6 Å². The molecule has 0 saturated carbocycles. The minimum absolute atomic E-state index is 0.374. The molecule has 7 heteroatoms. The molecular formula is C19H17F3N4. The molecule has 0 N–H and O–H groups in total. The van der Waals surface area contributed by atoms with Gasteiger partial charge in [0.05, 0.1) is 5.56 Å². The number of hydrogen-bond donors (Lipinski definition) is 0. The lowest BCUT2D eigenvalue weighted by Crippen LogP contribution is -2.32. The maximum absolute atomic E-state index is 12.9. The highest BCUT2D eigenvalue weighted by molar-refractivity contribution is 5.76. The zero-order chi connectivity index (χ0) is 18.1. The highest BCUT2D eigenvalue weighted by atomic mass is 19.4. The van der Waals surface area contributed by atoms with E-state index in [4.69, 9.17) is 0 Å². The first-order valence-corrected chi connectivity index (χ1v) is 8.47. The fourth-order valence-electron chi connectivity index (χ4n) is 3.25. The van der Waals surface area contributed by atoms with Gasteiger partial charge in [-0.1, -0.05) is 6.07 Å². The van der Waals surface area contributed by atoms with E-state index in [1.165, 1.54) is 0 Å². The monoisotopic (exact) mass is 358 g/mol. The maximum Gasteiger partial charge on any atom is 0.417 e. The zero-order valence-electron chi connectivity index (χ0n) is 14.0. The van der Waals surface area contributed by atoms with E-state index >= 15 is 0 Å². The van der Waals surface area contributed by atoms with Crippen molar-refractivity contribution in [1.29, 1.82) is 0 Å². The van der Waals surface area contributed by atoms with Crippen LogP contribution in [0.1, 0.15) is 22.5 Å². The highest BCUT2D eigenvalue weighted by Gasteiger charge is 2.31. The van der Waals surface area contributed by atoms with Gasteiger partial charge in [-0.25, -0.2) is 9.97 Å². The van der Waals surface area contributed by atoms with Crippen LogP contribution in [-0.2, 0) is 25.6 Å². The number of pyridine rings is 3. The Balaban J connectivity index is 1.54. The first kappa shape index (κ1) is 16.9. The van der Waals surface area contributed by atoms with Crippen LogP contribution in [0.25, 0.3) is 11.0 Å². The number of hydrogen-bond acceptors (Lipinski definition) is 4. The fourth-order valence-corrected chi connectivity index (χ4v) is 3.25. The van der Waals surface area contributed by atoms with Crippen LogP contribution < -0.4 is 0 Å². The molecule has 0 aliphatic carbocycles. The number of aromatic nitrogens is 3. The predicted octanol–water partition coefficient (Wildman–Crippen LogP) is 3.64. The Labute approximate surface area is 148 Å². The second kappa shape index (κ2) is 6.64. The third-order valence-electron chi connectivity index (χ3n) is 4.63. The summed E-state index contributed by atoms with van der Waals surface area (Å²) in [5.74, 6) is 0. The van der Waals surface area contributed by atoms with Gasteiger partial charge in [-0.05, 0) is 29.8 Å². The number of halogens is 3. The van der Waals surface area contributed by atoms with E-state index in [-0.39, 0.29) is 0 Å². The number of nitrogens with zero attached hydrogens (tertiary/aromatic N) is 4. The van der Waals surface area contributed by atoms with E-state index in [0.29, 0.717) is 17.6 Å².